The van der Waals surface area contributed by atoms with Crippen molar-refractivity contribution >= 4 is 28.9 Å². The average Bonchev–Trinajstić information content (AvgIpc) is 3.14. The molecule has 0 spiro atoms. The summed E-state index contributed by atoms with van der Waals surface area (Å²) in [4.78, 5) is 20.4. The molecule has 2 heterocycles. The quantitative estimate of drug-likeness (QED) is 0.420. The van der Waals surface area contributed by atoms with Gasteiger partial charge in [-0.15, -0.1) is 0 Å². The maximum atomic E-state index is 13.4. The third-order valence-electron chi connectivity index (χ3n) is 4.56. The predicted octanol–water partition coefficient (Wildman–Crippen LogP) is 3.42. The van der Waals surface area contributed by atoms with Crippen molar-refractivity contribution in [2.24, 2.45) is 0 Å². The van der Waals surface area contributed by atoms with Gasteiger partial charge in [-0.2, -0.15) is 5.10 Å². The third-order valence-corrected chi connectivity index (χ3v) is 4.56. The SMILES string of the molecule is Cc1cc(Nc2nc(C(CNC=O)c3ccc(F)cc3)nc3ccccc23)n[nH]1. The minimum atomic E-state index is -0.341. The second-order valence-electron chi connectivity index (χ2n) is 6.64. The number of rotatable bonds is 7. The van der Waals surface area contributed by atoms with Crippen LogP contribution in [0.15, 0.2) is 54.6 Å². The van der Waals surface area contributed by atoms with Gasteiger partial charge in [0.15, 0.2) is 5.82 Å². The lowest BCUT2D eigenvalue weighted by Crippen LogP contribution is -2.23. The van der Waals surface area contributed by atoms with E-state index in [9.17, 15) is 9.18 Å². The summed E-state index contributed by atoms with van der Waals surface area (Å²) in [6.45, 7) is 2.20. The summed E-state index contributed by atoms with van der Waals surface area (Å²) < 4.78 is 13.4. The van der Waals surface area contributed by atoms with Gasteiger partial charge in [-0.25, -0.2) is 14.4 Å². The van der Waals surface area contributed by atoms with Crippen LogP contribution in [0, 0.1) is 12.7 Å². The maximum absolute atomic E-state index is 13.4. The molecule has 1 amide bonds. The fraction of sp³-hybridized carbons (Fsp3) is 0.143. The van der Waals surface area contributed by atoms with Gasteiger partial charge in [0.25, 0.3) is 0 Å². The summed E-state index contributed by atoms with van der Waals surface area (Å²) >= 11 is 0. The lowest BCUT2D eigenvalue weighted by Gasteiger charge is -2.18. The summed E-state index contributed by atoms with van der Waals surface area (Å²) in [6.07, 6.45) is 0.628. The van der Waals surface area contributed by atoms with Crippen molar-refractivity contribution in [2.45, 2.75) is 12.8 Å². The van der Waals surface area contributed by atoms with Crippen LogP contribution in [0.3, 0.4) is 0 Å². The van der Waals surface area contributed by atoms with Gasteiger partial charge in [0, 0.05) is 23.7 Å². The van der Waals surface area contributed by atoms with Crippen molar-refractivity contribution in [3.63, 3.8) is 0 Å². The highest BCUT2D eigenvalue weighted by Crippen LogP contribution is 2.28. The van der Waals surface area contributed by atoms with Gasteiger partial charge in [0.05, 0.1) is 11.4 Å². The Hall–Kier alpha value is -3.81. The highest BCUT2D eigenvalue weighted by molar-refractivity contribution is 5.90. The molecule has 0 aliphatic carbocycles. The number of H-pyrrole nitrogens is 1. The molecule has 8 heteroatoms. The van der Waals surface area contributed by atoms with Crippen LogP contribution in [0.2, 0.25) is 0 Å². The number of amides is 1. The number of carbonyl (C=O) groups excluding carboxylic acids is 1. The number of anilines is 2. The lowest BCUT2D eigenvalue weighted by atomic mass is 9.97. The number of nitrogens with one attached hydrogen (secondary N) is 3. The number of hydrogen-bond donors (Lipinski definition) is 3. The monoisotopic (exact) mass is 390 g/mol. The molecule has 2 aromatic carbocycles. The number of carbonyl (C=O) groups is 1. The Labute approximate surface area is 166 Å². The molecule has 0 aliphatic rings. The molecule has 0 radical (unpaired) electrons. The zero-order chi connectivity index (χ0) is 20.2. The van der Waals surface area contributed by atoms with Gasteiger partial charge in [0.1, 0.15) is 17.5 Å². The minimum absolute atomic E-state index is 0.286. The highest BCUT2D eigenvalue weighted by atomic mass is 19.1. The van der Waals surface area contributed by atoms with E-state index in [1.807, 2.05) is 37.3 Å². The van der Waals surface area contributed by atoms with Crippen LogP contribution in [0.25, 0.3) is 10.9 Å². The molecule has 4 rings (SSSR count). The molecule has 1 atom stereocenters. The Morgan fingerprint density at radius 3 is 2.66 bits per heavy atom. The van der Waals surface area contributed by atoms with Crippen molar-refractivity contribution in [1.29, 1.82) is 0 Å². The fourth-order valence-electron chi connectivity index (χ4n) is 3.17. The number of halogens is 1. The van der Waals surface area contributed by atoms with Crippen molar-refractivity contribution in [3.8, 4) is 0 Å². The average molecular weight is 390 g/mol. The molecule has 0 aliphatic heterocycles. The molecular formula is C21H19FN6O. The van der Waals surface area contributed by atoms with E-state index >= 15 is 0 Å². The number of aryl methyl sites for hydroxylation is 1. The van der Waals surface area contributed by atoms with Crippen molar-refractivity contribution < 1.29 is 9.18 Å². The Morgan fingerprint density at radius 1 is 1.14 bits per heavy atom. The summed E-state index contributed by atoms with van der Waals surface area (Å²) in [5.41, 5.74) is 2.48. The fourth-order valence-corrected chi connectivity index (χ4v) is 3.17. The molecule has 1 unspecified atom stereocenters. The Morgan fingerprint density at radius 2 is 1.93 bits per heavy atom. The Kier molecular flexibility index (Phi) is 5.15. The molecule has 0 fully saturated rings. The lowest BCUT2D eigenvalue weighted by molar-refractivity contribution is -0.109. The second kappa shape index (κ2) is 8.05. The third kappa shape index (κ3) is 4.06. The molecule has 0 saturated heterocycles. The van der Waals surface area contributed by atoms with Crippen LogP contribution in [-0.2, 0) is 4.79 Å². The van der Waals surface area contributed by atoms with Gasteiger partial charge in [0.2, 0.25) is 6.41 Å². The largest absolute Gasteiger partial charge is 0.358 e. The number of nitrogens with zero attached hydrogens (tertiary/aromatic N) is 3. The zero-order valence-corrected chi connectivity index (χ0v) is 15.7. The van der Waals surface area contributed by atoms with Crippen LogP contribution in [-0.4, -0.2) is 33.1 Å². The van der Waals surface area contributed by atoms with E-state index in [2.05, 4.69) is 20.8 Å². The van der Waals surface area contributed by atoms with E-state index in [1.165, 1.54) is 12.1 Å². The molecule has 7 nitrogen and oxygen atoms in total. The van der Waals surface area contributed by atoms with Crippen LogP contribution in [0.4, 0.5) is 16.0 Å². The molecule has 2 aromatic heterocycles. The van der Waals surface area contributed by atoms with E-state index in [0.29, 0.717) is 23.9 Å². The molecule has 4 aromatic rings. The van der Waals surface area contributed by atoms with E-state index in [1.54, 1.807) is 12.1 Å². The standard InChI is InChI=1S/C21H19FN6O/c1-13-10-19(28-27-13)25-20-16-4-2-3-5-18(16)24-21(26-20)17(11-23-12-29)14-6-8-15(22)9-7-14/h2-10,12,17H,11H2,1H3,(H,23,29)(H2,24,25,26,27,28). The van der Waals surface area contributed by atoms with Gasteiger partial charge in [-0.05, 0) is 36.8 Å². The van der Waals surface area contributed by atoms with Crippen molar-refractivity contribution in [2.75, 3.05) is 11.9 Å². The van der Waals surface area contributed by atoms with Crippen LogP contribution < -0.4 is 10.6 Å². The summed E-state index contributed by atoms with van der Waals surface area (Å²) in [7, 11) is 0. The zero-order valence-electron chi connectivity index (χ0n) is 15.7. The van der Waals surface area contributed by atoms with Crippen LogP contribution in [0.5, 0.6) is 0 Å². The van der Waals surface area contributed by atoms with Crippen molar-refractivity contribution in [3.05, 3.63) is 77.5 Å². The highest BCUT2D eigenvalue weighted by Gasteiger charge is 2.20. The molecule has 0 bridgehead atoms. The number of benzene rings is 2. The summed E-state index contributed by atoms with van der Waals surface area (Å²) in [5.74, 6) is 1.09. The first-order chi connectivity index (χ1) is 14.1. The van der Waals surface area contributed by atoms with Gasteiger partial charge in [-0.1, -0.05) is 24.3 Å². The van der Waals surface area contributed by atoms with Crippen LogP contribution >= 0.6 is 0 Å². The smallest absolute Gasteiger partial charge is 0.207 e. The topological polar surface area (TPSA) is 95.6 Å². The van der Waals surface area contributed by atoms with Crippen LogP contribution in [0.1, 0.15) is 23.0 Å². The molecule has 29 heavy (non-hydrogen) atoms. The van der Waals surface area contributed by atoms with E-state index in [-0.39, 0.29) is 18.3 Å². The predicted molar refractivity (Wildman–Crippen MR) is 108 cm³/mol. The van der Waals surface area contributed by atoms with Gasteiger partial charge < -0.3 is 10.6 Å². The molecule has 0 saturated carbocycles. The number of fused-ring (bicyclic) bond motifs is 1. The number of aromatic nitrogens is 4. The molecule has 146 valence electrons. The normalized spacial score (nSPS) is 11.9. The number of para-hydroxylation sites is 1. The van der Waals surface area contributed by atoms with Gasteiger partial charge >= 0.3 is 0 Å². The summed E-state index contributed by atoms with van der Waals surface area (Å²) in [5, 5.41) is 13.9. The van der Waals surface area contributed by atoms with E-state index < -0.39 is 0 Å². The Bertz CT molecular complexity index is 1140. The Balaban J connectivity index is 1.81. The second-order valence-corrected chi connectivity index (χ2v) is 6.64. The van der Waals surface area contributed by atoms with Gasteiger partial charge in [-0.3, -0.25) is 9.89 Å². The maximum Gasteiger partial charge on any atom is 0.207 e. The molecular weight excluding hydrogens is 371 g/mol. The first-order valence-electron chi connectivity index (χ1n) is 9.12. The first-order valence-corrected chi connectivity index (χ1v) is 9.12. The van der Waals surface area contributed by atoms with E-state index in [4.69, 9.17) is 9.97 Å². The van der Waals surface area contributed by atoms with Crippen molar-refractivity contribution in [1.82, 2.24) is 25.5 Å². The van der Waals surface area contributed by atoms with E-state index in [0.717, 1.165) is 22.2 Å². The number of hydrogen-bond acceptors (Lipinski definition) is 5. The number of aromatic amines is 1. The first kappa shape index (κ1) is 18.5. The molecule has 3 N–H and O–H groups in total. The minimum Gasteiger partial charge on any atom is -0.358 e. The summed E-state index contributed by atoms with van der Waals surface area (Å²) in [6, 6.07) is 15.6.